The highest BCUT2D eigenvalue weighted by molar-refractivity contribution is 5.79. The van der Waals surface area contributed by atoms with Crippen LogP contribution >= 0.6 is 0 Å². The van der Waals surface area contributed by atoms with Gasteiger partial charge in [0, 0.05) is 11.5 Å². The van der Waals surface area contributed by atoms with Crippen molar-refractivity contribution in [2.75, 3.05) is 7.11 Å². The Morgan fingerprint density at radius 3 is 2.84 bits per heavy atom. The molecule has 104 valence electrons. The summed E-state index contributed by atoms with van der Waals surface area (Å²) in [5.41, 5.74) is 0.693. The van der Waals surface area contributed by atoms with Crippen molar-refractivity contribution in [2.45, 2.75) is 38.8 Å². The van der Waals surface area contributed by atoms with Crippen LogP contribution in [0.15, 0.2) is 24.3 Å². The van der Waals surface area contributed by atoms with Crippen LogP contribution in [0.5, 0.6) is 5.75 Å². The van der Waals surface area contributed by atoms with E-state index in [0.717, 1.165) is 11.3 Å². The number of aliphatic hydroxyl groups excluding tert-OH is 1. The molecule has 19 heavy (non-hydrogen) atoms. The average molecular weight is 263 g/mol. The molecule has 0 aliphatic heterocycles. The topological polar surface area (TPSA) is 58.6 Å². The predicted molar refractivity (Wildman–Crippen MR) is 73.0 cm³/mol. The Morgan fingerprint density at radius 1 is 1.53 bits per heavy atom. The summed E-state index contributed by atoms with van der Waals surface area (Å²) >= 11 is 0. The Balaban J connectivity index is 1.91. The first-order chi connectivity index (χ1) is 8.93. The second kappa shape index (κ2) is 5.21. The maximum Gasteiger partial charge on any atom is 0.224 e. The number of benzene rings is 1. The second-order valence-electron chi connectivity index (χ2n) is 5.72. The van der Waals surface area contributed by atoms with Gasteiger partial charge in [-0.15, -0.1) is 0 Å². The molecule has 1 amide bonds. The van der Waals surface area contributed by atoms with Crippen molar-refractivity contribution in [3.8, 4) is 5.75 Å². The first-order valence-electron chi connectivity index (χ1n) is 6.54. The van der Waals surface area contributed by atoms with Gasteiger partial charge >= 0.3 is 0 Å². The molecule has 0 bridgehead atoms. The summed E-state index contributed by atoms with van der Waals surface area (Å²) in [6.45, 7) is 3.94. The molecule has 2 rings (SSSR count). The van der Waals surface area contributed by atoms with Crippen LogP contribution in [0.4, 0.5) is 0 Å². The number of hydrogen-bond donors (Lipinski definition) is 2. The van der Waals surface area contributed by atoms with E-state index in [1.807, 2.05) is 38.1 Å². The monoisotopic (exact) mass is 263 g/mol. The average Bonchev–Trinajstić information content (AvgIpc) is 2.38. The van der Waals surface area contributed by atoms with Gasteiger partial charge in [-0.05, 0) is 24.1 Å². The largest absolute Gasteiger partial charge is 0.497 e. The quantitative estimate of drug-likeness (QED) is 0.865. The van der Waals surface area contributed by atoms with E-state index in [2.05, 4.69) is 5.32 Å². The summed E-state index contributed by atoms with van der Waals surface area (Å²) in [6, 6.07) is 7.55. The Kier molecular flexibility index (Phi) is 3.80. The molecule has 1 saturated carbocycles. The summed E-state index contributed by atoms with van der Waals surface area (Å²) < 4.78 is 5.13. The predicted octanol–water partition coefficient (Wildman–Crippen LogP) is 1.51. The molecule has 2 atom stereocenters. The molecule has 4 nitrogen and oxygen atoms in total. The molecule has 0 spiro atoms. The van der Waals surface area contributed by atoms with Crippen molar-refractivity contribution in [2.24, 2.45) is 5.41 Å². The smallest absolute Gasteiger partial charge is 0.224 e. The number of amides is 1. The van der Waals surface area contributed by atoms with Gasteiger partial charge in [-0.1, -0.05) is 26.0 Å². The first-order valence-corrected chi connectivity index (χ1v) is 6.54. The van der Waals surface area contributed by atoms with Crippen LogP contribution in [0.25, 0.3) is 0 Å². The fourth-order valence-electron chi connectivity index (χ4n) is 2.36. The molecule has 0 saturated heterocycles. The summed E-state index contributed by atoms with van der Waals surface area (Å²) in [5.74, 6) is 0.739. The lowest BCUT2D eigenvalue weighted by Gasteiger charge is -2.49. The lowest BCUT2D eigenvalue weighted by molar-refractivity contribution is -0.128. The molecule has 1 aliphatic rings. The summed E-state index contributed by atoms with van der Waals surface area (Å²) in [4.78, 5) is 12.0. The third-order valence-corrected chi connectivity index (χ3v) is 4.05. The number of nitrogens with one attached hydrogen (secondary N) is 1. The normalized spacial score (nSPS) is 24.4. The lowest BCUT2D eigenvalue weighted by Crippen LogP contribution is -2.61. The number of aliphatic hydroxyl groups is 1. The van der Waals surface area contributed by atoms with Gasteiger partial charge in [-0.25, -0.2) is 0 Å². The number of carbonyl (C=O) groups is 1. The van der Waals surface area contributed by atoms with Crippen molar-refractivity contribution in [3.63, 3.8) is 0 Å². The van der Waals surface area contributed by atoms with Crippen LogP contribution < -0.4 is 10.1 Å². The van der Waals surface area contributed by atoms with E-state index in [1.165, 1.54) is 0 Å². The summed E-state index contributed by atoms with van der Waals surface area (Å²) in [5, 5.41) is 12.6. The third kappa shape index (κ3) is 2.89. The van der Waals surface area contributed by atoms with Crippen LogP contribution in [0.1, 0.15) is 25.8 Å². The molecule has 1 aliphatic carbocycles. The first kappa shape index (κ1) is 13.9. The van der Waals surface area contributed by atoms with Gasteiger partial charge in [0.1, 0.15) is 5.75 Å². The second-order valence-corrected chi connectivity index (χ2v) is 5.72. The number of methoxy groups -OCH3 is 1. The number of carbonyl (C=O) groups excluding carboxylic acids is 1. The zero-order valence-electron chi connectivity index (χ0n) is 11.6. The minimum Gasteiger partial charge on any atom is -0.497 e. The van der Waals surface area contributed by atoms with Crippen LogP contribution in [0.3, 0.4) is 0 Å². The van der Waals surface area contributed by atoms with E-state index in [0.29, 0.717) is 12.8 Å². The van der Waals surface area contributed by atoms with Crippen molar-refractivity contribution in [1.82, 2.24) is 5.32 Å². The Labute approximate surface area is 113 Å². The van der Waals surface area contributed by atoms with Crippen LogP contribution in [-0.4, -0.2) is 30.3 Å². The fraction of sp³-hybridized carbons (Fsp3) is 0.533. The lowest BCUT2D eigenvalue weighted by atomic mass is 9.64. The van der Waals surface area contributed by atoms with Gasteiger partial charge in [0.2, 0.25) is 5.91 Å². The molecule has 0 aromatic heterocycles. The zero-order chi connectivity index (χ0) is 14.0. The van der Waals surface area contributed by atoms with E-state index < -0.39 is 0 Å². The Morgan fingerprint density at radius 2 is 2.26 bits per heavy atom. The van der Waals surface area contributed by atoms with Gasteiger partial charge in [-0.3, -0.25) is 4.79 Å². The van der Waals surface area contributed by atoms with Gasteiger partial charge in [0.05, 0.1) is 19.6 Å². The minimum absolute atomic E-state index is 0.0155. The molecule has 0 radical (unpaired) electrons. The summed E-state index contributed by atoms with van der Waals surface area (Å²) in [6.07, 6.45) is 0.645. The van der Waals surface area contributed by atoms with E-state index >= 15 is 0 Å². The van der Waals surface area contributed by atoms with Crippen molar-refractivity contribution in [1.29, 1.82) is 0 Å². The maximum absolute atomic E-state index is 12.0. The van der Waals surface area contributed by atoms with Gasteiger partial charge in [0.15, 0.2) is 0 Å². The highest BCUT2D eigenvalue weighted by Gasteiger charge is 2.47. The van der Waals surface area contributed by atoms with E-state index in [1.54, 1.807) is 7.11 Å². The summed E-state index contributed by atoms with van der Waals surface area (Å²) in [7, 11) is 1.61. The van der Waals surface area contributed by atoms with Crippen molar-refractivity contribution in [3.05, 3.63) is 29.8 Å². The molecule has 1 aromatic carbocycles. The maximum atomic E-state index is 12.0. The molecule has 4 heteroatoms. The standard InChI is InChI=1S/C15H21NO3/c1-15(2)12(9-13(15)17)16-14(18)8-10-5-4-6-11(7-10)19-3/h4-7,12-13,17H,8-9H2,1-3H3,(H,16,18). The number of hydrogen-bond acceptors (Lipinski definition) is 3. The van der Waals surface area contributed by atoms with E-state index in [9.17, 15) is 9.90 Å². The third-order valence-electron chi connectivity index (χ3n) is 4.05. The van der Waals surface area contributed by atoms with Crippen molar-refractivity contribution < 1.29 is 14.6 Å². The van der Waals surface area contributed by atoms with Gasteiger partial charge < -0.3 is 15.2 Å². The fourth-order valence-corrected chi connectivity index (χ4v) is 2.36. The zero-order valence-corrected chi connectivity index (χ0v) is 11.6. The number of rotatable bonds is 4. The molecule has 0 heterocycles. The van der Waals surface area contributed by atoms with Crippen LogP contribution in [0, 0.1) is 5.41 Å². The van der Waals surface area contributed by atoms with Gasteiger partial charge in [0.25, 0.3) is 0 Å². The Bertz CT molecular complexity index is 470. The van der Waals surface area contributed by atoms with E-state index in [-0.39, 0.29) is 23.5 Å². The minimum atomic E-state index is -0.324. The van der Waals surface area contributed by atoms with Crippen molar-refractivity contribution >= 4 is 5.91 Å². The van der Waals surface area contributed by atoms with Crippen LogP contribution in [0.2, 0.25) is 0 Å². The molecular weight excluding hydrogens is 242 g/mol. The molecular formula is C15H21NO3. The highest BCUT2D eigenvalue weighted by atomic mass is 16.5. The Hall–Kier alpha value is -1.55. The van der Waals surface area contributed by atoms with Gasteiger partial charge in [-0.2, -0.15) is 0 Å². The molecule has 1 aromatic rings. The van der Waals surface area contributed by atoms with E-state index in [4.69, 9.17) is 4.74 Å². The SMILES string of the molecule is COc1cccc(CC(=O)NC2CC(O)C2(C)C)c1. The highest BCUT2D eigenvalue weighted by Crippen LogP contribution is 2.40. The number of ether oxygens (including phenoxy) is 1. The molecule has 2 unspecified atom stereocenters. The van der Waals surface area contributed by atoms with Crippen LogP contribution in [-0.2, 0) is 11.2 Å². The molecule has 1 fully saturated rings. The molecule has 2 N–H and O–H groups in total.